The van der Waals surface area contributed by atoms with Crippen LogP contribution in [0.2, 0.25) is 0 Å². The Labute approximate surface area is 144 Å². The molecule has 7 heteroatoms. The molecule has 0 aliphatic rings. The molecule has 0 aliphatic carbocycles. The van der Waals surface area contributed by atoms with E-state index in [9.17, 15) is 13.2 Å². The first-order valence-electron chi connectivity index (χ1n) is 6.97. The molecule has 0 saturated carbocycles. The predicted molar refractivity (Wildman–Crippen MR) is 74.6 cm³/mol. The summed E-state index contributed by atoms with van der Waals surface area (Å²) < 4.78 is 35.4. The van der Waals surface area contributed by atoms with Gasteiger partial charge in [0, 0.05) is 0 Å². The Kier molecular flexibility index (Phi) is 14.8. The van der Waals surface area contributed by atoms with Gasteiger partial charge in [-0.1, -0.05) is 58.3 Å². The second-order valence-electron chi connectivity index (χ2n) is 4.79. The molecule has 0 aromatic rings. The fourth-order valence-electron chi connectivity index (χ4n) is 1.98. The summed E-state index contributed by atoms with van der Waals surface area (Å²) in [6, 6.07) is 0. The first-order chi connectivity index (χ1) is 8.93. The molecular formula is C13H26NaO5S+. The molecule has 0 rings (SSSR count). The van der Waals surface area contributed by atoms with Crippen LogP contribution in [0.3, 0.4) is 0 Å². The zero-order valence-corrected chi connectivity index (χ0v) is 15.7. The second kappa shape index (κ2) is 13.1. The third-order valence-electron chi connectivity index (χ3n) is 3.14. The summed E-state index contributed by atoms with van der Waals surface area (Å²) in [5.74, 6) is -0.884. The van der Waals surface area contributed by atoms with Crippen molar-refractivity contribution in [1.29, 1.82) is 0 Å². The number of ether oxygens (including phenoxy) is 1. The number of methoxy groups -OCH3 is 1. The summed E-state index contributed by atoms with van der Waals surface area (Å²) in [7, 11) is -3.24. The molecule has 114 valence electrons. The summed E-state index contributed by atoms with van der Waals surface area (Å²) >= 11 is 0. The van der Waals surface area contributed by atoms with Gasteiger partial charge in [-0.05, 0) is 6.42 Å². The van der Waals surface area contributed by atoms with Crippen molar-refractivity contribution >= 4 is 16.1 Å². The quantitative estimate of drug-likeness (QED) is 0.250. The van der Waals surface area contributed by atoms with Crippen molar-refractivity contribution in [1.82, 2.24) is 0 Å². The van der Waals surface area contributed by atoms with E-state index >= 15 is 0 Å². The van der Waals surface area contributed by atoms with Crippen LogP contribution in [0.1, 0.15) is 64.7 Å². The van der Waals surface area contributed by atoms with Crippen molar-refractivity contribution in [3.05, 3.63) is 0 Å². The summed E-state index contributed by atoms with van der Waals surface area (Å²) in [6.45, 7) is 2.17. The summed E-state index contributed by atoms with van der Waals surface area (Å²) in [5, 5.41) is -1.43. The minimum absolute atomic E-state index is 0. The Hall–Kier alpha value is 0.380. The van der Waals surface area contributed by atoms with Crippen LogP contribution in [0.4, 0.5) is 0 Å². The van der Waals surface area contributed by atoms with Gasteiger partial charge in [-0.2, -0.15) is 8.42 Å². The molecule has 1 atom stereocenters. The van der Waals surface area contributed by atoms with Crippen molar-refractivity contribution < 1.29 is 52.1 Å². The third kappa shape index (κ3) is 11.1. The summed E-state index contributed by atoms with van der Waals surface area (Å²) in [4.78, 5) is 11.2. The van der Waals surface area contributed by atoms with E-state index in [0.717, 1.165) is 26.4 Å². The van der Waals surface area contributed by atoms with E-state index in [1.165, 1.54) is 25.7 Å². The second-order valence-corrected chi connectivity index (χ2v) is 6.39. The van der Waals surface area contributed by atoms with Crippen LogP contribution in [-0.2, 0) is 19.6 Å². The number of hydrogen-bond donors (Lipinski definition) is 1. The van der Waals surface area contributed by atoms with Gasteiger partial charge >= 0.3 is 35.5 Å². The topological polar surface area (TPSA) is 80.7 Å². The summed E-state index contributed by atoms with van der Waals surface area (Å²) in [5.41, 5.74) is 0. The van der Waals surface area contributed by atoms with Gasteiger partial charge in [-0.15, -0.1) is 0 Å². The molecule has 0 heterocycles. The molecule has 0 aromatic heterocycles. The number of hydrogen-bond acceptors (Lipinski definition) is 4. The monoisotopic (exact) mass is 317 g/mol. The van der Waals surface area contributed by atoms with E-state index in [1.807, 2.05) is 0 Å². The predicted octanol–water partition coefficient (Wildman–Crippen LogP) is -0.0494. The molecule has 0 amide bonds. The number of unbranched alkanes of at least 4 members (excludes halogenated alkanes) is 7. The molecule has 1 N–H and O–H groups in total. The minimum Gasteiger partial charge on any atom is -0.468 e. The molecule has 0 bridgehead atoms. The van der Waals surface area contributed by atoms with Gasteiger partial charge in [0.05, 0.1) is 7.11 Å². The molecule has 0 fully saturated rings. The Morgan fingerprint density at radius 1 is 1.05 bits per heavy atom. The third-order valence-corrected chi connectivity index (χ3v) is 4.29. The van der Waals surface area contributed by atoms with Crippen LogP contribution in [0, 0.1) is 0 Å². The molecule has 0 radical (unpaired) electrons. The number of carbonyl (C=O) groups excluding carboxylic acids is 1. The SMILES string of the molecule is CCCCCCCCCCC(C(=O)OC)S(=O)(=O)O.[Na+]. The first kappa shape index (κ1) is 22.7. The van der Waals surface area contributed by atoms with E-state index in [4.69, 9.17) is 4.55 Å². The number of carbonyl (C=O) groups is 1. The van der Waals surface area contributed by atoms with Crippen LogP contribution in [0.15, 0.2) is 0 Å². The van der Waals surface area contributed by atoms with E-state index < -0.39 is 21.3 Å². The molecule has 0 aliphatic heterocycles. The maximum atomic E-state index is 11.2. The maximum absolute atomic E-state index is 11.2. The van der Waals surface area contributed by atoms with Crippen LogP contribution in [-0.4, -0.2) is 31.3 Å². The fraction of sp³-hybridized carbons (Fsp3) is 0.923. The smallest absolute Gasteiger partial charge is 0.468 e. The zero-order chi connectivity index (χ0) is 14.7. The van der Waals surface area contributed by atoms with Gasteiger partial charge in [0.25, 0.3) is 10.1 Å². The number of esters is 1. The van der Waals surface area contributed by atoms with Crippen LogP contribution in [0.5, 0.6) is 0 Å². The van der Waals surface area contributed by atoms with E-state index in [0.29, 0.717) is 6.42 Å². The largest absolute Gasteiger partial charge is 1.00 e. The average molecular weight is 317 g/mol. The Morgan fingerprint density at radius 2 is 1.50 bits per heavy atom. The first-order valence-corrected chi connectivity index (χ1v) is 8.48. The molecule has 20 heavy (non-hydrogen) atoms. The number of rotatable bonds is 11. The fourth-order valence-corrected chi connectivity index (χ4v) is 2.79. The van der Waals surface area contributed by atoms with Crippen molar-refractivity contribution in [3.8, 4) is 0 Å². The average Bonchev–Trinajstić information content (AvgIpc) is 2.34. The van der Waals surface area contributed by atoms with E-state index in [1.54, 1.807) is 0 Å². The molecule has 0 saturated heterocycles. The van der Waals surface area contributed by atoms with Crippen LogP contribution >= 0.6 is 0 Å². The van der Waals surface area contributed by atoms with E-state index in [2.05, 4.69) is 11.7 Å². The maximum Gasteiger partial charge on any atom is 1.00 e. The van der Waals surface area contributed by atoms with Crippen LogP contribution in [0.25, 0.3) is 0 Å². The Bertz CT molecular complexity index is 343. The Balaban J connectivity index is 0. The standard InChI is InChI=1S/C13H26O5S.Na/c1-3-4-5-6-7-8-9-10-11-12(13(14)18-2)19(15,16)17;/h12H,3-11H2,1-2H3,(H,15,16,17);/q;+1. The van der Waals surface area contributed by atoms with Gasteiger partial charge in [0.1, 0.15) is 0 Å². The molecule has 0 spiro atoms. The van der Waals surface area contributed by atoms with Crippen molar-refractivity contribution in [2.24, 2.45) is 0 Å². The minimum atomic E-state index is -4.36. The van der Waals surface area contributed by atoms with Gasteiger partial charge in [0.2, 0.25) is 0 Å². The van der Waals surface area contributed by atoms with Crippen molar-refractivity contribution in [2.45, 2.75) is 70.0 Å². The van der Waals surface area contributed by atoms with Gasteiger partial charge < -0.3 is 4.74 Å². The molecule has 5 nitrogen and oxygen atoms in total. The normalized spacial score (nSPS) is 12.6. The molecular weight excluding hydrogens is 291 g/mol. The van der Waals surface area contributed by atoms with Crippen molar-refractivity contribution in [3.63, 3.8) is 0 Å². The van der Waals surface area contributed by atoms with Gasteiger partial charge in [-0.25, -0.2) is 0 Å². The van der Waals surface area contributed by atoms with Crippen LogP contribution < -0.4 is 29.6 Å². The van der Waals surface area contributed by atoms with Crippen molar-refractivity contribution in [2.75, 3.05) is 7.11 Å². The zero-order valence-electron chi connectivity index (χ0n) is 12.9. The molecule has 0 aromatic carbocycles. The van der Waals surface area contributed by atoms with Gasteiger partial charge in [-0.3, -0.25) is 9.35 Å². The summed E-state index contributed by atoms with van der Waals surface area (Å²) in [6.07, 6.45) is 8.68. The Morgan fingerprint density at radius 3 is 1.90 bits per heavy atom. The van der Waals surface area contributed by atoms with Gasteiger partial charge in [0.15, 0.2) is 5.25 Å². The molecule has 1 unspecified atom stereocenters. The van der Waals surface area contributed by atoms with E-state index in [-0.39, 0.29) is 36.0 Å².